The van der Waals surface area contributed by atoms with Crippen LogP contribution >= 0.6 is 0 Å². The molecule has 0 saturated carbocycles. The number of nitrogens with zero attached hydrogens (tertiary/aromatic N) is 3. The van der Waals surface area contributed by atoms with E-state index in [0.717, 1.165) is 11.0 Å². The minimum atomic E-state index is -0.869. The number of pyridine rings is 1. The molecule has 0 atom stereocenters. The van der Waals surface area contributed by atoms with Crippen LogP contribution in [0.3, 0.4) is 0 Å². The molecule has 18 heavy (non-hydrogen) atoms. The van der Waals surface area contributed by atoms with E-state index >= 15 is 0 Å². The zero-order chi connectivity index (χ0) is 13.6. The molecule has 0 fully saturated rings. The molecule has 2 heterocycles. The van der Waals surface area contributed by atoms with Gasteiger partial charge in [0.05, 0.1) is 23.0 Å². The van der Waals surface area contributed by atoms with Gasteiger partial charge in [0.1, 0.15) is 5.52 Å². The van der Waals surface area contributed by atoms with Crippen molar-refractivity contribution in [1.82, 2.24) is 14.5 Å². The summed E-state index contributed by atoms with van der Waals surface area (Å²) in [5, 5.41) is 13.4. The third-order valence-corrected chi connectivity index (χ3v) is 3.60. The fourth-order valence-electron chi connectivity index (χ4n) is 1.60. The summed E-state index contributed by atoms with van der Waals surface area (Å²) in [4.78, 5) is 8.66. The second kappa shape index (κ2) is 3.95. The predicted molar refractivity (Wildman–Crippen MR) is 72.5 cm³/mol. The summed E-state index contributed by atoms with van der Waals surface area (Å²) in [6.07, 6.45) is 3.50. The number of rotatable bonds is 3. The van der Waals surface area contributed by atoms with E-state index in [9.17, 15) is 5.11 Å². The molecule has 2 rings (SSSR count). The van der Waals surface area contributed by atoms with Gasteiger partial charge in [-0.25, -0.2) is 9.97 Å². The molecule has 0 unspecified atom stereocenters. The first-order chi connectivity index (χ1) is 8.22. The van der Waals surface area contributed by atoms with Crippen molar-refractivity contribution < 1.29 is 5.11 Å². The molecule has 0 spiro atoms. The number of hydrogen-bond donors (Lipinski definition) is 2. The Morgan fingerprint density at radius 3 is 2.50 bits per heavy atom. The van der Waals surface area contributed by atoms with Gasteiger partial charge in [-0.15, -0.1) is 0 Å². The Morgan fingerprint density at radius 2 is 1.89 bits per heavy atom. The Labute approximate surface area is 107 Å². The quantitative estimate of drug-likeness (QED) is 0.871. The lowest BCUT2D eigenvalue weighted by atomic mass is 9.86. The molecule has 0 bridgehead atoms. The van der Waals surface area contributed by atoms with Crippen LogP contribution in [0.4, 0.5) is 5.82 Å². The summed E-state index contributed by atoms with van der Waals surface area (Å²) in [7, 11) is 1.94. The number of hydrogen-bond acceptors (Lipinski definition) is 4. The average Bonchev–Trinajstić information content (AvgIpc) is 2.60. The van der Waals surface area contributed by atoms with Crippen molar-refractivity contribution in [1.29, 1.82) is 0 Å². The highest BCUT2D eigenvalue weighted by Gasteiger charge is 2.35. The zero-order valence-electron chi connectivity index (χ0n) is 11.5. The van der Waals surface area contributed by atoms with E-state index in [2.05, 4.69) is 15.3 Å². The van der Waals surface area contributed by atoms with Crippen molar-refractivity contribution in [2.24, 2.45) is 7.05 Å². The highest BCUT2D eigenvalue weighted by atomic mass is 16.3. The molecule has 2 aromatic rings. The van der Waals surface area contributed by atoms with Crippen molar-refractivity contribution in [3.05, 3.63) is 18.6 Å². The highest BCUT2D eigenvalue weighted by molar-refractivity contribution is 5.86. The number of imidazole rings is 1. The van der Waals surface area contributed by atoms with E-state index in [4.69, 9.17) is 0 Å². The van der Waals surface area contributed by atoms with Gasteiger partial charge in [0, 0.05) is 13.2 Å². The Balaban J connectivity index is 2.44. The maximum Gasteiger partial charge on any atom is 0.154 e. The lowest BCUT2D eigenvalue weighted by molar-refractivity contribution is 0.0239. The topological polar surface area (TPSA) is 63.0 Å². The van der Waals surface area contributed by atoms with Crippen LogP contribution in [-0.4, -0.2) is 30.8 Å². The zero-order valence-corrected chi connectivity index (χ0v) is 11.5. The molecule has 0 aliphatic rings. The van der Waals surface area contributed by atoms with Gasteiger partial charge in [-0.1, -0.05) is 0 Å². The molecule has 2 N–H and O–H groups in total. The number of aryl methyl sites for hydroxylation is 1. The van der Waals surface area contributed by atoms with E-state index < -0.39 is 11.1 Å². The van der Waals surface area contributed by atoms with Crippen LogP contribution < -0.4 is 5.32 Å². The third-order valence-electron chi connectivity index (χ3n) is 3.60. The van der Waals surface area contributed by atoms with Gasteiger partial charge < -0.3 is 15.0 Å². The molecule has 0 radical (unpaired) electrons. The molecule has 2 aromatic heterocycles. The maximum atomic E-state index is 10.2. The minimum absolute atomic E-state index is 0.508. The van der Waals surface area contributed by atoms with Crippen LogP contribution in [0.2, 0.25) is 0 Å². The van der Waals surface area contributed by atoms with E-state index in [1.54, 1.807) is 26.4 Å². The van der Waals surface area contributed by atoms with E-state index in [1.807, 2.05) is 31.5 Å². The third kappa shape index (κ3) is 2.06. The molecule has 0 aromatic carbocycles. The van der Waals surface area contributed by atoms with Crippen molar-refractivity contribution in [2.45, 2.75) is 38.8 Å². The number of nitrogens with one attached hydrogen (secondary N) is 1. The summed E-state index contributed by atoms with van der Waals surface area (Å²) < 4.78 is 1.94. The maximum absolute atomic E-state index is 10.2. The summed E-state index contributed by atoms with van der Waals surface area (Å²) in [6, 6.07) is 1.92. The van der Waals surface area contributed by atoms with Crippen molar-refractivity contribution in [3.8, 4) is 0 Å². The van der Waals surface area contributed by atoms with Gasteiger partial charge in [-0.3, -0.25) is 0 Å². The standard InChI is InChI=1S/C13H20N4O/c1-12(2,13(3,4)18)16-11-10-9(6-7-14-11)17(5)8-15-10/h6-8,18H,1-5H3,(H,14,16). The number of fused-ring (bicyclic) bond motifs is 1. The normalized spacial score (nSPS) is 13.0. The Kier molecular flexibility index (Phi) is 2.81. The lowest BCUT2D eigenvalue weighted by Gasteiger charge is -2.38. The molecular weight excluding hydrogens is 228 g/mol. The first kappa shape index (κ1) is 12.8. The first-order valence-electron chi connectivity index (χ1n) is 5.99. The van der Waals surface area contributed by atoms with Gasteiger partial charge in [0.2, 0.25) is 0 Å². The molecule has 0 aliphatic heterocycles. The van der Waals surface area contributed by atoms with Gasteiger partial charge in [0.15, 0.2) is 5.82 Å². The van der Waals surface area contributed by atoms with Crippen LogP contribution in [0, 0.1) is 0 Å². The van der Waals surface area contributed by atoms with Crippen LogP contribution in [0.15, 0.2) is 18.6 Å². The minimum Gasteiger partial charge on any atom is -0.388 e. The van der Waals surface area contributed by atoms with Crippen molar-refractivity contribution in [3.63, 3.8) is 0 Å². The molecule has 5 nitrogen and oxygen atoms in total. The second-order valence-electron chi connectivity index (χ2n) is 5.69. The fraction of sp³-hybridized carbons (Fsp3) is 0.538. The number of aromatic nitrogens is 3. The lowest BCUT2D eigenvalue weighted by Crippen LogP contribution is -2.51. The van der Waals surface area contributed by atoms with Gasteiger partial charge >= 0.3 is 0 Å². The van der Waals surface area contributed by atoms with Crippen molar-refractivity contribution >= 4 is 16.9 Å². The molecular formula is C13H20N4O. The van der Waals surface area contributed by atoms with E-state index in [-0.39, 0.29) is 0 Å². The molecule has 0 saturated heterocycles. The summed E-state index contributed by atoms with van der Waals surface area (Å²) in [5.41, 5.74) is 0.452. The van der Waals surface area contributed by atoms with Gasteiger partial charge in [0.25, 0.3) is 0 Å². The number of anilines is 1. The summed E-state index contributed by atoms with van der Waals surface area (Å²) >= 11 is 0. The Bertz CT molecular complexity index is 566. The Hall–Kier alpha value is -1.62. The second-order valence-corrected chi connectivity index (χ2v) is 5.69. The molecule has 98 valence electrons. The van der Waals surface area contributed by atoms with Gasteiger partial charge in [-0.05, 0) is 33.8 Å². The van der Waals surface area contributed by atoms with Crippen LogP contribution in [0.1, 0.15) is 27.7 Å². The monoisotopic (exact) mass is 248 g/mol. The molecule has 0 amide bonds. The largest absolute Gasteiger partial charge is 0.388 e. The fourth-order valence-corrected chi connectivity index (χ4v) is 1.60. The highest BCUT2D eigenvalue weighted by Crippen LogP contribution is 2.28. The Morgan fingerprint density at radius 1 is 1.22 bits per heavy atom. The van der Waals surface area contributed by atoms with E-state index in [1.165, 1.54) is 0 Å². The van der Waals surface area contributed by atoms with Gasteiger partial charge in [-0.2, -0.15) is 0 Å². The first-order valence-corrected chi connectivity index (χ1v) is 5.99. The summed E-state index contributed by atoms with van der Waals surface area (Å²) in [6.45, 7) is 7.43. The van der Waals surface area contributed by atoms with Crippen LogP contribution in [-0.2, 0) is 7.05 Å². The van der Waals surface area contributed by atoms with Crippen LogP contribution in [0.25, 0.3) is 11.0 Å². The number of aliphatic hydroxyl groups is 1. The molecule has 0 aliphatic carbocycles. The average molecular weight is 248 g/mol. The van der Waals surface area contributed by atoms with E-state index in [0.29, 0.717) is 5.82 Å². The smallest absolute Gasteiger partial charge is 0.154 e. The summed E-state index contributed by atoms with van der Waals surface area (Å²) in [5.74, 6) is 0.695. The van der Waals surface area contributed by atoms with Crippen molar-refractivity contribution in [2.75, 3.05) is 5.32 Å². The SMILES string of the molecule is Cn1cnc2c(NC(C)(C)C(C)(C)O)nccc21. The predicted octanol–water partition coefficient (Wildman–Crippen LogP) is 1.93. The molecule has 5 heteroatoms. The van der Waals surface area contributed by atoms with Crippen LogP contribution in [0.5, 0.6) is 0 Å².